The Morgan fingerprint density at radius 1 is 1.24 bits per heavy atom. The van der Waals surface area contributed by atoms with Crippen molar-refractivity contribution in [3.63, 3.8) is 0 Å². The van der Waals surface area contributed by atoms with Crippen molar-refractivity contribution in [2.24, 2.45) is 0 Å². The van der Waals surface area contributed by atoms with E-state index in [0.717, 1.165) is 0 Å². The van der Waals surface area contributed by atoms with Crippen LogP contribution in [-0.2, 0) is 6.42 Å². The van der Waals surface area contributed by atoms with Gasteiger partial charge in [-0.3, -0.25) is 9.20 Å². The van der Waals surface area contributed by atoms with E-state index in [9.17, 15) is 9.18 Å². The lowest BCUT2D eigenvalue weighted by Crippen LogP contribution is -2.17. The van der Waals surface area contributed by atoms with Crippen molar-refractivity contribution >= 4 is 17.2 Å². The molecule has 21 heavy (non-hydrogen) atoms. The molecule has 0 saturated heterocycles. The molecule has 0 radical (unpaired) electrons. The fraction of sp³-hybridized carbons (Fsp3) is 0.125. The Bertz CT molecular complexity index is 810. The molecule has 0 aliphatic rings. The molecule has 106 valence electrons. The normalized spacial score (nSPS) is 10.8. The van der Waals surface area contributed by atoms with Gasteiger partial charge in [-0.05, 0) is 30.7 Å². The number of carbonyl (C=O) groups is 1. The van der Waals surface area contributed by atoms with Crippen LogP contribution >= 0.6 is 0 Å². The number of nitrogens with zero attached hydrogens (tertiary/aromatic N) is 2. The first kappa shape index (κ1) is 13.3. The molecule has 4 nitrogen and oxygen atoms in total. The molecule has 1 amide bonds. The molecule has 3 rings (SSSR count). The zero-order valence-corrected chi connectivity index (χ0v) is 11.5. The lowest BCUT2D eigenvalue weighted by atomic mass is 10.2. The highest BCUT2D eigenvalue weighted by Crippen LogP contribution is 2.17. The molecule has 0 unspecified atom stereocenters. The number of anilines is 1. The number of hydrogen-bond acceptors (Lipinski definition) is 2. The van der Waals surface area contributed by atoms with E-state index in [1.165, 1.54) is 12.1 Å². The maximum Gasteiger partial charge on any atom is 0.274 e. The van der Waals surface area contributed by atoms with Crippen LogP contribution in [0.15, 0.2) is 48.7 Å². The zero-order chi connectivity index (χ0) is 14.8. The lowest BCUT2D eigenvalue weighted by Gasteiger charge is -2.07. The van der Waals surface area contributed by atoms with Crippen LogP contribution in [0.3, 0.4) is 0 Å². The van der Waals surface area contributed by atoms with Gasteiger partial charge in [0.1, 0.15) is 17.2 Å². The van der Waals surface area contributed by atoms with E-state index < -0.39 is 5.82 Å². The van der Waals surface area contributed by atoms with Crippen LogP contribution in [-0.4, -0.2) is 15.3 Å². The van der Waals surface area contributed by atoms with Gasteiger partial charge in [-0.1, -0.05) is 25.1 Å². The van der Waals surface area contributed by atoms with Gasteiger partial charge in [0.05, 0.1) is 11.4 Å². The monoisotopic (exact) mass is 283 g/mol. The molecule has 0 atom stereocenters. The lowest BCUT2D eigenvalue weighted by molar-refractivity contribution is 0.102. The molecule has 0 aliphatic carbocycles. The van der Waals surface area contributed by atoms with Crippen molar-refractivity contribution in [2.75, 3.05) is 5.32 Å². The third-order valence-electron chi connectivity index (χ3n) is 3.27. The number of para-hydroxylation sites is 1. The van der Waals surface area contributed by atoms with E-state index in [1.54, 1.807) is 22.7 Å². The summed E-state index contributed by atoms with van der Waals surface area (Å²) >= 11 is 0. The van der Waals surface area contributed by atoms with Crippen molar-refractivity contribution < 1.29 is 9.18 Å². The van der Waals surface area contributed by atoms with Gasteiger partial charge in [0, 0.05) is 6.20 Å². The van der Waals surface area contributed by atoms with Crippen LogP contribution in [0.4, 0.5) is 10.1 Å². The summed E-state index contributed by atoms with van der Waals surface area (Å²) in [5.41, 5.74) is 2.00. The highest BCUT2D eigenvalue weighted by Gasteiger charge is 2.18. The molecule has 0 saturated carbocycles. The minimum Gasteiger partial charge on any atom is -0.318 e. The number of fused-ring (bicyclic) bond motifs is 1. The molecule has 2 aromatic heterocycles. The van der Waals surface area contributed by atoms with E-state index in [2.05, 4.69) is 10.3 Å². The molecule has 1 N–H and O–H groups in total. The second-order valence-corrected chi connectivity index (χ2v) is 4.62. The van der Waals surface area contributed by atoms with Crippen molar-refractivity contribution in [3.05, 3.63) is 65.9 Å². The van der Waals surface area contributed by atoms with Crippen molar-refractivity contribution in [2.45, 2.75) is 13.3 Å². The fourth-order valence-corrected chi connectivity index (χ4v) is 2.28. The summed E-state index contributed by atoms with van der Waals surface area (Å²) in [6.45, 7) is 1.93. The van der Waals surface area contributed by atoms with Gasteiger partial charge in [0.15, 0.2) is 0 Å². The summed E-state index contributed by atoms with van der Waals surface area (Å²) < 4.78 is 15.4. The molecule has 3 aromatic rings. The Morgan fingerprint density at radius 3 is 2.76 bits per heavy atom. The second kappa shape index (κ2) is 5.36. The fourth-order valence-electron chi connectivity index (χ4n) is 2.28. The highest BCUT2D eigenvalue weighted by atomic mass is 19.1. The van der Waals surface area contributed by atoms with Crippen molar-refractivity contribution in [1.29, 1.82) is 0 Å². The third-order valence-corrected chi connectivity index (χ3v) is 3.27. The van der Waals surface area contributed by atoms with Gasteiger partial charge < -0.3 is 5.32 Å². The number of benzene rings is 1. The quantitative estimate of drug-likeness (QED) is 0.801. The minimum absolute atomic E-state index is 0.162. The molecule has 5 heteroatoms. The Balaban J connectivity index is 2.03. The first-order chi connectivity index (χ1) is 10.2. The van der Waals surface area contributed by atoms with Gasteiger partial charge >= 0.3 is 0 Å². The van der Waals surface area contributed by atoms with Crippen LogP contribution in [0.25, 0.3) is 5.65 Å². The highest BCUT2D eigenvalue weighted by molar-refractivity contribution is 6.04. The number of pyridine rings is 1. The van der Waals surface area contributed by atoms with Gasteiger partial charge in [-0.2, -0.15) is 0 Å². The summed E-state index contributed by atoms with van der Waals surface area (Å²) in [6, 6.07) is 11.6. The molecule has 0 fully saturated rings. The number of imidazole rings is 1. The van der Waals surface area contributed by atoms with Gasteiger partial charge in [0.25, 0.3) is 5.91 Å². The minimum atomic E-state index is -0.460. The predicted octanol–water partition coefficient (Wildman–Crippen LogP) is 3.29. The summed E-state index contributed by atoms with van der Waals surface area (Å²) in [7, 11) is 0. The van der Waals surface area contributed by atoms with E-state index in [0.29, 0.717) is 23.5 Å². The van der Waals surface area contributed by atoms with Crippen LogP contribution < -0.4 is 5.32 Å². The van der Waals surface area contributed by atoms with Crippen LogP contribution in [0.1, 0.15) is 23.1 Å². The molecule has 2 heterocycles. The van der Waals surface area contributed by atoms with Crippen molar-refractivity contribution in [3.8, 4) is 0 Å². The van der Waals surface area contributed by atoms with Gasteiger partial charge in [-0.25, -0.2) is 9.37 Å². The average Bonchev–Trinajstić information content (AvgIpc) is 2.88. The maximum atomic E-state index is 13.7. The number of halogens is 1. The van der Waals surface area contributed by atoms with E-state index in [1.807, 2.05) is 25.1 Å². The topological polar surface area (TPSA) is 46.4 Å². The summed E-state index contributed by atoms with van der Waals surface area (Å²) in [5, 5.41) is 2.60. The number of aryl methyl sites for hydroxylation is 1. The third kappa shape index (κ3) is 2.38. The number of nitrogens with one attached hydrogen (secondary N) is 1. The number of carbonyl (C=O) groups excluding carboxylic acids is 1. The molecule has 0 aliphatic heterocycles. The Hall–Kier alpha value is -2.69. The summed E-state index contributed by atoms with van der Waals surface area (Å²) in [5.74, 6) is -0.826. The van der Waals surface area contributed by atoms with E-state index in [-0.39, 0.29) is 11.6 Å². The SMILES string of the molecule is CCc1nc2ccccn2c1C(=O)Nc1ccccc1F. The predicted molar refractivity (Wildman–Crippen MR) is 78.9 cm³/mol. The first-order valence-corrected chi connectivity index (χ1v) is 6.72. The van der Waals surface area contributed by atoms with E-state index in [4.69, 9.17) is 0 Å². The van der Waals surface area contributed by atoms with Gasteiger partial charge in [-0.15, -0.1) is 0 Å². The molecule has 0 spiro atoms. The Labute approximate surface area is 121 Å². The first-order valence-electron chi connectivity index (χ1n) is 6.72. The van der Waals surface area contributed by atoms with Gasteiger partial charge in [0.2, 0.25) is 0 Å². The van der Waals surface area contributed by atoms with Crippen LogP contribution in [0.5, 0.6) is 0 Å². The Morgan fingerprint density at radius 2 is 2.00 bits per heavy atom. The van der Waals surface area contributed by atoms with E-state index >= 15 is 0 Å². The van der Waals surface area contributed by atoms with Crippen LogP contribution in [0, 0.1) is 5.82 Å². The van der Waals surface area contributed by atoms with Crippen LogP contribution in [0.2, 0.25) is 0 Å². The molecular weight excluding hydrogens is 269 g/mol. The number of hydrogen-bond donors (Lipinski definition) is 1. The number of amides is 1. The summed E-state index contributed by atoms with van der Waals surface area (Å²) in [6.07, 6.45) is 2.40. The standard InChI is InChI=1S/C16H14FN3O/c1-2-12-15(20-10-6-5-9-14(20)18-12)16(21)19-13-8-4-3-7-11(13)17/h3-10H,2H2,1H3,(H,19,21). The Kier molecular flexibility index (Phi) is 3.39. The molecular formula is C16H14FN3O. The maximum absolute atomic E-state index is 13.7. The smallest absolute Gasteiger partial charge is 0.274 e. The summed E-state index contributed by atoms with van der Waals surface area (Å²) in [4.78, 5) is 16.9. The number of aromatic nitrogens is 2. The number of rotatable bonds is 3. The largest absolute Gasteiger partial charge is 0.318 e. The second-order valence-electron chi connectivity index (χ2n) is 4.62. The van der Waals surface area contributed by atoms with Crippen molar-refractivity contribution in [1.82, 2.24) is 9.38 Å². The molecule has 1 aromatic carbocycles. The molecule has 0 bridgehead atoms. The zero-order valence-electron chi connectivity index (χ0n) is 11.5. The average molecular weight is 283 g/mol.